The van der Waals surface area contributed by atoms with Gasteiger partial charge in [-0.1, -0.05) is 25.1 Å². The molecule has 8 nitrogen and oxygen atoms in total. The molecule has 0 aliphatic heterocycles. The van der Waals surface area contributed by atoms with E-state index >= 15 is 0 Å². The van der Waals surface area contributed by atoms with Gasteiger partial charge in [0, 0.05) is 24.2 Å². The highest BCUT2D eigenvalue weighted by Crippen LogP contribution is 2.29. The Morgan fingerprint density at radius 1 is 1.17 bits per heavy atom. The molecule has 0 saturated carbocycles. The smallest absolute Gasteiger partial charge is 0.251 e. The summed E-state index contributed by atoms with van der Waals surface area (Å²) in [4.78, 5) is 22.2. The summed E-state index contributed by atoms with van der Waals surface area (Å²) in [5.41, 5.74) is 9.23. The topological polar surface area (TPSA) is 110 Å². The number of pyridine rings is 1. The molecule has 0 atom stereocenters. The molecule has 0 radical (unpaired) electrons. The van der Waals surface area contributed by atoms with E-state index in [2.05, 4.69) is 32.8 Å². The molecule has 0 aliphatic carbocycles. The van der Waals surface area contributed by atoms with Crippen LogP contribution in [0.4, 0.5) is 5.82 Å². The van der Waals surface area contributed by atoms with Crippen LogP contribution < -0.4 is 22.1 Å². The minimum absolute atomic E-state index is 0.0914. The van der Waals surface area contributed by atoms with E-state index in [1.54, 1.807) is 0 Å². The molecule has 0 fully saturated rings. The van der Waals surface area contributed by atoms with Gasteiger partial charge in [-0.3, -0.25) is 16.1 Å². The van der Waals surface area contributed by atoms with E-state index in [1.165, 1.54) is 0 Å². The van der Waals surface area contributed by atoms with Crippen LogP contribution >= 0.6 is 0 Å². The summed E-state index contributed by atoms with van der Waals surface area (Å²) >= 11 is 0. The first-order valence-electron chi connectivity index (χ1n) is 10.2. The Kier molecular flexibility index (Phi) is 6.38. The number of amides is 1. The predicted octanol–water partition coefficient (Wildman–Crippen LogP) is 3.00. The van der Waals surface area contributed by atoms with Crippen LogP contribution in [0.2, 0.25) is 0 Å². The van der Waals surface area contributed by atoms with Crippen LogP contribution in [0.15, 0.2) is 30.3 Å². The summed E-state index contributed by atoms with van der Waals surface area (Å²) in [5, 5.41) is 3.17. The fourth-order valence-corrected chi connectivity index (χ4v) is 3.66. The number of aromatic nitrogens is 3. The first-order chi connectivity index (χ1) is 14.3. The minimum atomic E-state index is -0.494. The second kappa shape index (κ2) is 8.81. The quantitative estimate of drug-likeness (QED) is 0.336. The normalized spacial score (nSPS) is 11.7. The second-order valence-corrected chi connectivity index (χ2v) is 8.21. The fourth-order valence-electron chi connectivity index (χ4n) is 3.66. The van der Waals surface area contributed by atoms with Crippen LogP contribution in [0.3, 0.4) is 0 Å². The summed E-state index contributed by atoms with van der Waals surface area (Å²) in [6, 6.07) is 9.26. The van der Waals surface area contributed by atoms with E-state index in [9.17, 15) is 4.79 Å². The van der Waals surface area contributed by atoms with Crippen molar-refractivity contribution in [2.75, 3.05) is 5.43 Å². The largest absolute Gasteiger partial charge is 0.345 e. The molecule has 30 heavy (non-hydrogen) atoms. The number of hydrogen-bond acceptors (Lipinski definition) is 6. The molecule has 5 N–H and O–H groups in total. The summed E-state index contributed by atoms with van der Waals surface area (Å²) in [5.74, 6) is 6.94. The van der Waals surface area contributed by atoms with Crippen molar-refractivity contribution in [1.29, 1.82) is 0 Å². The zero-order valence-electron chi connectivity index (χ0n) is 18.3. The number of nitrogens with two attached hydrogens (primary N) is 1. The zero-order chi connectivity index (χ0) is 21.9. The Labute approximate surface area is 177 Å². The Balaban J connectivity index is 2.03. The van der Waals surface area contributed by atoms with Gasteiger partial charge in [0.2, 0.25) is 0 Å². The van der Waals surface area contributed by atoms with Crippen LogP contribution in [0, 0.1) is 13.8 Å². The van der Waals surface area contributed by atoms with Gasteiger partial charge in [-0.25, -0.2) is 9.97 Å². The summed E-state index contributed by atoms with van der Waals surface area (Å²) in [6.07, 6.45) is 1.79. The standard InChI is InChI=1S/C22H31N7O/c1-6-10-17-25-18-19(14(2)15(3)24-20(18)27-28-23)29(17)13-22(4,5)26-21(30)16-11-8-7-9-12-16/h7-9,11-12,28H,6,10,13,23H2,1-5H3,(H,24,27)(H,26,30). The number of carbonyl (C=O) groups is 1. The molecule has 1 amide bonds. The van der Waals surface area contributed by atoms with E-state index in [-0.39, 0.29) is 5.91 Å². The fraction of sp³-hybridized carbons (Fsp3) is 0.409. The van der Waals surface area contributed by atoms with Crippen LogP contribution in [0.5, 0.6) is 0 Å². The molecule has 0 aliphatic rings. The monoisotopic (exact) mass is 409 g/mol. The molecule has 3 aromatic rings. The van der Waals surface area contributed by atoms with E-state index in [4.69, 9.17) is 10.8 Å². The number of aryl methyl sites for hydroxylation is 3. The number of nitrogens with one attached hydrogen (secondary N) is 3. The van der Waals surface area contributed by atoms with Crippen molar-refractivity contribution >= 4 is 22.8 Å². The van der Waals surface area contributed by atoms with Crippen LogP contribution in [-0.2, 0) is 13.0 Å². The van der Waals surface area contributed by atoms with Crippen LogP contribution in [0.1, 0.15) is 54.6 Å². The Morgan fingerprint density at radius 2 is 1.87 bits per heavy atom. The summed E-state index contributed by atoms with van der Waals surface area (Å²) in [7, 11) is 0. The van der Waals surface area contributed by atoms with Crippen molar-refractivity contribution in [2.45, 2.75) is 59.5 Å². The molecular weight excluding hydrogens is 378 g/mol. The van der Waals surface area contributed by atoms with Crippen LogP contribution in [-0.4, -0.2) is 26.0 Å². The van der Waals surface area contributed by atoms with E-state index in [0.717, 1.165) is 41.0 Å². The third-order valence-corrected chi connectivity index (χ3v) is 5.15. The molecule has 3 rings (SSSR count). The Hall–Kier alpha value is -2.97. The van der Waals surface area contributed by atoms with Gasteiger partial charge in [-0.15, -0.1) is 0 Å². The number of hydrogen-bond donors (Lipinski definition) is 4. The zero-order valence-corrected chi connectivity index (χ0v) is 18.3. The van der Waals surface area contributed by atoms with Gasteiger partial charge in [-0.2, -0.15) is 5.53 Å². The van der Waals surface area contributed by atoms with Gasteiger partial charge in [0.15, 0.2) is 5.82 Å². The van der Waals surface area contributed by atoms with Gasteiger partial charge in [0.1, 0.15) is 11.3 Å². The highest BCUT2D eigenvalue weighted by Gasteiger charge is 2.26. The number of anilines is 1. The maximum Gasteiger partial charge on any atom is 0.251 e. The SMILES string of the molecule is CCCc1nc2c(NNN)nc(C)c(C)c2n1CC(C)(C)NC(=O)c1ccccc1. The molecule has 2 heterocycles. The van der Waals surface area contributed by atoms with E-state index in [1.807, 2.05) is 58.0 Å². The van der Waals surface area contributed by atoms with Gasteiger partial charge < -0.3 is 9.88 Å². The third-order valence-electron chi connectivity index (χ3n) is 5.15. The number of fused-ring (bicyclic) bond motifs is 1. The van der Waals surface area contributed by atoms with Crippen molar-refractivity contribution in [3.05, 3.63) is 53.0 Å². The van der Waals surface area contributed by atoms with Gasteiger partial charge in [0.05, 0.1) is 11.1 Å². The average Bonchev–Trinajstić information content (AvgIpc) is 3.04. The Morgan fingerprint density at radius 3 is 2.50 bits per heavy atom. The number of carbonyl (C=O) groups excluding carboxylic acids is 1. The lowest BCUT2D eigenvalue weighted by molar-refractivity contribution is 0.0905. The highest BCUT2D eigenvalue weighted by molar-refractivity contribution is 5.94. The van der Waals surface area contributed by atoms with Crippen molar-refractivity contribution in [3.8, 4) is 0 Å². The average molecular weight is 410 g/mol. The molecule has 0 spiro atoms. The van der Waals surface area contributed by atoms with E-state index in [0.29, 0.717) is 17.9 Å². The lowest BCUT2D eigenvalue weighted by atomic mass is 10.0. The van der Waals surface area contributed by atoms with Crippen molar-refractivity contribution in [1.82, 2.24) is 25.4 Å². The molecule has 0 saturated heterocycles. The molecular formula is C22H31N7O. The Bertz CT molecular complexity index is 1040. The van der Waals surface area contributed by atoms with E-state index < -0.39 is 5.54 Å². The van der Waals surface area contributed by atoms with Crippen molar-refractivity contribution < 1.29 is 4.79 Å². The molecule has 2 aromatic heterocycles. The maximum absolute atomic E-state index is 12.7. The first-order valence-corrected chi connectivity index (χ1v) is 10.2. The summed E-state index contributed by atoms with van der Waals surface area (Å²) in [6.45, 7) is 10.8. The van der Waals surface area contributed by atoms with Gasteiger partial charge in [0.25, 0.3) is 5.91 Å². The summed E-state index contributed by atoms with van der Waals surface area (Å²) < 4.78 is 2.20. The highest BCUT2D eigenvalue weighted by atomic mass is 16.1. The third kappa shape index (κ3) is 4.44. The second-order valence-electron chi connectivity index (χ2n) is 8.21. The number of hydrazine groups is 2. The predicted molar refractivity (Wildman–Crippen MR) is 120 cm³/mol. The molecule has 0 bridgehead atoms. The molecule has 0 unspecified atom stereocenters. The van der Waals surface area contributed by atoms with Gasteiger partial charge in [-0.05, 0) is 51.8 Å². The number of rotatable bonds is 8. The molecule has 160 valence electrons. The first kappa shape index (κ1) is 21.7. The van der Waals surface area contributed by atoms with Gasteiger partial charge >= 0.3 is 0 Å². The molecule has 1 aromatic carbocycles. The lowest BCUT2D eigenvalue weighted by Gasteiger charge is -2.28. The number of benzene rings is 1. The van der Waals surface area contributed by atoms with Crippen molar-refractivity contribution in [3.63, 3.8) is 0 Å². The lowest BCUT2D eigenvalue weighted by Crippen LogP contribution is -2.46. The van der Waals surface area contributed by atoms with Crippen LogP contribution in [0.25, 0.3) is 11.0 Å². The maximum atomic E-state index is 12.7. The molecule has 8 heteroatoms. The number of imidazole rings is 1. The van der Waals surface area contributed by atoms with Crippen molar-refractivity contribution in [2.24, 2.45) is 5.84 Å². The number of nitrogens with zero attached hydrogens (tertiary/aromatic N) is 3. The minimum Gasteiger partial charge on any atom is -0.345 e.